The lowest BCUT2D eigenvalue weighted by molar-refractivity contribution is 0.806. The second-order valence-electron chi connectivity index (χ2n) is 5.48. The molecule has 0 aliphatic heterocycles. The van der Waals surface area contributed by atoms with Gasteiger partial charge in [0, 0.05) is 16.6 Å². The van der Waals surface area contributed by atoms with Gasteiger partial charge in [0.05, 0.1) is 0 Å². The maximum Gasteiger partial charge on any atom is 0.0497 e. The van der Waals surface area contributed by atoms with Crippen molar-refractivity contribution in [1.29, 1.82) is 0 Å². The molecular formula is C20H23N. The van der Waals surface area contributed by atoms with Gasteiger partial charge in [0.25, 0.3) is 0 Å². The van der Waals surface area contributed by atoms with Crippen molar-refractivity contribution >= 4 is 10.9 Å². The Morgan fingerprint density at radius 3 is 2.33 bits per heavy atom. The molecule has 0 atom stereocenters. The maximum atomic E-state index is 3.64. The van der Waals surface area contributed by atoms with E-state index in [9.17, 15) is 0 Å². The minimum absolute atomic E-state index is 1.20. The van der Waals surface area contributed by atoms with Crippen molar-refractivity contribution in [2.45, 2.75) is 40.0 Å². The maximum absolute atomic E-state index is 3.64. The molecule has 0 unspecified atom stereocenters. The molecule has 1 N–H and O–H groups in total. The van der Waals surface area contributed by atoms with Gasteiger partial charge in [-0.3, -0.25) is 0 Å². The Labute approximate surface area is 127 Å². The first-order valence-electron chi connectivity index (χ1n) is 8.03. The van der Waals surface area contributed by atoms with E-state index in [0.717, 1.165) is 0 Å². The summed E-state index contributed by atoms with van der Waals surface area (Å²) in [7, 11) is 0. The summed E-state index contributed by atoms with van der Waals surface area (Å²) in [6.07, 6.45) is 3.69. The van der Waals surface area contributed by atoms with Gasteiger partial charge in [-0.2, -0.15) is 0 Å². The molecule has 108 valence electrons. The molecule has 3 aromatic rings. The average Bonchev–Trinajstić information content (AvgIpc) is 2.94. The molecule has 0 spiro atoms. The first kappa shape index (κ1) is 13.9. The summed E-state index contributed by atoms with van der Waals surface area (Å²) in [5.41, 5.74) is 8.44. The molecule has 1 aromatic heterocycles. The third-order valence-corrected chi connectivity index (χ3v) is 4.33. The van der Waals surface area contributed by atoms with Crippen LogP contribution < -0.4 is 0 Å². The van der Waals surface area contributed by atoms with Crippen LogP contribution in [-0.4, -0.2) is 4.98 Å². The van der Waals surface area contributed by atoms with Crippen LogP contribution in [0, 0.1) is 6.92 Å². The summed E-state index contributed by atoms with van der Waals surface area (Å²) in [4.78, 5) is 3.64. The molecular weight excluding hydrogens is 254 g/mol. The molecule has 1 aliphatic rings. The number of hydrogen-bond donors (Lipinski definition) is 1. The molecule has 0 saturated heterocycles. The second kappa shape index (κ2) is 5.77. The number of aromatic amines is 1. The fourth-order valence-corrected chi connectivity index (χ4v) is 3.40. The highest BCUT2D eigenvalue weighted by Crippen LogP contribution is 2.37. The van der Waals surface area contributed by atoms with E-state index in [1.165, 1.54) is 52.5 Å². The quantitative estimate of drug-likeness (QED) is 0.591. The number of benzene rings is 2. The van der Waals surface area contributed by atoms with Crippen LogP contribution >= 0.6 is 0 Å². The summed E-state index contributed by atoms with van der Waals surface area (Å²) in [5, 5.41) is 1.49. The molecule has 1 nitrogen and oxygen atoms in total. The summed E-state index contributed by atoms with van der Waals surface area (Å²) >= 11 is 0. The summed E-state index contributed by atoms with van der Waals surface area (Å²) in [5.74, 6) is 0. The zero-order valence-electron chi connectivity index (χ0n) is 13.2. The molecule has 1 aliphatic carbocycles. The number of rotatable bonds is 1. The molecule has 21 heavy (non-hydrogen) atoms. The number of aromatic nitrogens is 1. The first-order valence-corrected chi connectivity index (χ1v) is 8.03. The number of H-pyrrole nitrogens is 1. The zero-order valence-corrected chi connectivity index (χ0v) is 13.2. The minimum Gasteiger partial charge on any atom is -0.354 e. The van der Waals surface area contributed by atoms with Gasteiger partial charge in [-0.1, -0.05) is 50.2 Å². The van der Waals surface area contributed by atoms with Crippen LogP contribution in [0.4, 0.5) is 0 Å². The van der Waals surface area contributed by atoms with Crippen molar-refractivity contribution in [2.75, 3.05) is 0 Å². The predicted octanol–water partition coefficient (Wildman–Crippen LogP) is 5.66. The minimum atomic E-state index is 1.20. The van der Waals surface area contributed by atoms with Crippen LogP contribution in [0.2, 0.25) is 0 Å². The summed E-state index contributed by atoms with van der Waals surface area (Å²) in [6.45, 7) is 6.24. The van der Waals surface area contributed by atoms with E-state index in [1.807, 2.05) is 13.8 Å². The molecule has 0 bridgehead atoms. The van der Waals surface area contributed by atoms with Gasteiger partial charge in [-0.05, 0) is 54.5 Å². The van der Waals surface area contributed by atoms with E-state index in [4.69, 9.17) is 0 Å². The Morgan fingerprint density at radius 1 is 0.857 bits per heavy atom. The van der Waals surface area contributed by atoms with Crippen molar-refractivity contribution in [2.24, 2.45) is 0 Å². The third-order valence-electron chi connectivity index (χ3n) is 4.33. The molecule has 0 saturated carbocycles. The zero-order chi connectivity index (χ0) is 14.8. The van der Waals surface area contributed by atoms with Crippen LogP contribution in [0.3, 0.4) is 0 Å². The Hall–Kier alpha value is -2.02. The number of hydrogen-bond acceptors (Lipinski definition) is 0. The Morgan fingerprint density at radius 2 is 1.57 bits per heavy atom. The van der Waals surface area contributed by atoms with Gasteiger partial charge in [0.15, 0.2) is 0 Å². The Kier molecular flexibility index (Phi) is 3.83. The first-order chi connectivity index (χ1) is 10.3. The van der Waals surface area contributed by atoms with E-state index in [2.05, 4.69) is 54.4 Å². The average molecular weight is 277 g/mol. The van der Waals surface area contributed by atoms with Crippen LogP contribution in [0.15, 0.2) is 42.5 Å². The van der Waals surface area contributed by atoms with Crippen LogP contribution in [0.5, 0.6) is 0 Å². The fraction of sp³-hybridized carbons (Fsp3) is 0.300. The molecule has 0 fully saturated rings. The SMILES string of the molecule is CC.Cc1ccc2[nH]c(-c3ccccc3)c3c2c1CCC3. The second-order valence-corrected chi connectivity index (χ2v) is 5.48. The van der Waals surface area contributed by atoms with Crippen LogP contribution in [-0.2, 0) is 12.8 Å². The third kappa shape index (κ3) is 2.27. The van der Waals surface area contributed by atoms with Crippen LogP contribution in [0.1, 0.15) is 37.0 Å². The van der Waals surface area contributed by atoms with Crippen molar-refractivity contribution in [1.82, 2.24) is 4.98 Å². The number of nitrogens with one attached hydrogen (secondary N) is 1. The predicted molar refractivity (Wildman–Crippen MR) is 91.8 cm³/mol. The lowest BCUT2D eigenvalue weighted by atomic mass is 9.88. The highest BCUT2D eigenvalue weighted by molar-refractivity contribution is 5.94. The van der Waals surface area contributed by atoms with Crippen molar-refractivity contribution in [3.63, 3.8) is 0 Å². The molecule has 1 heterocycles. The summed E-state index contributed by atoms with van der Waals surface area (Å²) < 4.78 is 0. The summed E-state index contributed by atoms with van der Waals surface area (Å²) in [6, 6.07) is 15.2. The normalized spacial score (nSPS) is 12.9. The van der Waals surface area contributed by atoms with Crippen LogP contribution in [0.25, 0.3) is 22.2 Å². The topological polar surface area (TPSA) is 15.8 Å². The lowest BCUT2D eigenvalue weighted by Crippen LogP contribution is -2.01. The molecule has 0 amide bonds. The Balaban J connectivity index is 0.000000636. The van der Waals surface area contributed by atoms with Gasteiger partial charge in [-0.25, -0.2) is 0 Å². The van der Waals surface area contributed by atoms with Gasteiger partial charge < -0.3 is 4.98 Å². The van der Waals surface area contributed by atoms with Gasteiger partial charge in [-0.15, -0.1) is 0 Å². The highest BCUT2D eigenvalue weighted by atomic mass is 14.7. The smallest absolute Gasteiger partial charge is 0.0497 e. The van der Waals surface area contributed by atoms with E-state index in [0.29, 0.717) is 0 Å². The van der Waals surface area contributed by atoms with E-state index < -0.39 is 0 Å². The highest BCUT2D eigenvalue weighted by Gasteiger charge is 2.20. The van der Waals surface area contributed by atoms with Crippen molar-refractivity contribution in [3.8, 4) is 11.3 Å². The van der Waals surface area contributed by atoms with E-state index in [1.54, 1.807) is 5.56 Å². The van der Waals surface area contributed by atoms with Gasteiger partial charge in [0.2, 0.25) is 0 Å². The molecule has 4 rings (SSSR count). The number of aryl methyl sites for hydroxylation is 3. The van der Waals surface area contributed by atoms with Crippen molar-refractivity contribution in [3.05, 3.63) is 59.2 Å². The fourth-order valence-electron chi connectivity index (χ4n) is 3.40. The van der Waals surface area contributed by atoms with Gasteiger partial charge >= 0.3 is 0 Å². The Bertz CT molecular complexity index is 750. The largest absolute Gasteiger partial charge is 0.354 e. The van der Waals surface area contributed by atoms with E-state index >= 15 is 0 Å². The monoisotopic (exact) mass is 277 g/mol. The molecule has 1 heteroatoms. The lowest BCUT2D eigenvalue weighted by Gasteiger charge is -2.15. The molecule has 0 radical (unpaired) electrons. The molecule has 2 aromatic carbocycles. The van der Waals surface area contributed by atoms with Crippen molar-refractivity contribution < 1.29 is 0 Å². The van der Waals surface area contributed by atoms with E-state index in [-0.39, 0.29) is 0 Å². The standard InChI is InChI=1S/C18H17N.C2H6/c1-12-10-11-16-17-14(12)8-5-9-15(17)18(19-16)13-6-3-2-4-7-13;1-2/h2-4,6-7,10-11,19H,5,8-9H2,1H3;1-2H3. The van der Waals surface area contributed by atoms with Gasteiger partial charge in [0.1, 0.15) is 0 Å².